The average molecular weight is 661 g/mol. The van der Waals surface area contributed by atoms with E-state index in [9.17, 15) is 29.8 Å². The van der Waals surface area contributed by atoms with Crippen LogP contribution in [0.25, 0.3) is 0 Å². The highest BCUT2D eigenvalue weighted by atomic mass is 16.6. The quantitative estimate of drug-likeness (QED) is 0.189. The number of carbonyl (C=O) groups excluding carboxylic acids is 2. The molecule has 0 spiro atoms. The number of ether oxygens (including phenoxy) is 4. The van der Waals surface area contributed by atoms with Crippen molar-refractivity contribution < 1.29 is 43.9 Å². The maximum Gasteiger partial charge on any atom is 0.320 e. The fourth-order valence-corrected chi connectivity index (χ4v) is 4.73. The van der Waals surface area contributed by atoms with Gasteiger partial charge in [0.1, 0.15) is 12.1 Å². The molecule has 2 heterocycles. The molecule has 0 saturated heterocycles. The second-order valence-corrected chi connectivity index (χ2v) is 10.1. The monoisotopic (exact) mass is 660 g/mol. The average Bonchev–Trinajstić information content (AvgIpc) is 3.01. The first-order valence-corrected chi connectivity index (χ1v) is 14.4. The molecule has 256 valence electrons. The van der Waals surface area contributed by atoms with E-state index in [1.807, 2.05) is 13.8 Å². The Hall–Kier alpha value is -5.58. The lowest BCUT2D eigenvalue weighted by molar-refractivity contribution is -0.433. The minimum Gasteiger partial charge on any atom is -0.493 e. The predicted octanol–water partition coefficient (Wildman–Crippen LogP) is 3.87. The van der Waals surface area contributed by atoms with Gasteiger partial charge < -0.3 is 45.7 Å². The summed E-state index contributed by atoms with van der Waals surface area (Å²) < 4.78 is 21.7. The van der Waals surface area contributed by atoms with Crippen molar-refractivity contribution in [1.29, 1.82) is 0 Å². The zero-order chi connectivity index (χ0) is 34.0. The first-order valence-electron chi connectivity index (χ1n) is 14.4. The minimum atomic E-state index is -0.854. The number of nitro groups is 2. The molecule has 0 fully saturated rings. The summed E-state index contributed by atoms with van der Waals surface area (Å²) in [6, 6.07) is 7.33. The minimum absolute atomic E-state index is 0. The molecule has 4 amide bonds. The Bertz CT molecular complexity index is 1430. The molecule has 2 aliphatic heterocycles. The van der Waals surface area contributed by atoms with Crippen LogP contribution in [0, 0.1) is 20.2 Å². The largest absolute Gasteiger partial charge is 0.493 e. The second-order valence-electron chi connectivity index (χ2n) is 10.1. The predicted molar refractivity (Wildman–Crippen MR) is 169 cm³/mol. The SMILES string of the molecule is CCCOc1ccc(C2NC(=O)NC(C)=C2[N+](=O)[O-])cc1OC.CCCOc1ccc(C2NC(=O)NC(C)=C2[N+](=O)[O-])cc1OC.O. The highest BCUT2D eigenvalue weighted by molar-refractivity contribution is 5.79. The second kappa shape index (κ2) is 17.2. The van der Waals surface area contributed by atoms with Crippen molar-refractivity contribution in [2.45, 2.75) is 52.6 Å². The van der Waals surface area contributed by atoms with Gasteiger partial charge in [0.2, 0.25) is 0 Å². The Kier molecular flexibility index (Phi) is 13.8. The van der Waals surface area contributed by atoms with E-state index in [0.717, 1.165) is 12.8 Å². The normalized spacial score (nSPS) is 17.0. The standard InChI is InChI=1S/2C15H19N3O5.H2O/c2*1-4-7-23-11-6-5-10(8-12(11)22-3)13-14(18(20)21)9(2)16-15(19)17-13;/h2*5-6,8,13H,4,7H2,1-3H3,(H2,16,17,19);1H2. The number of nitrogens with one attached hydrogen (secondary N) is 4. The third-order valence-corrected chi connectivity index (χ3v) is 6.83. The maximum atomic E-state index is 11.7. The van der Waals surface area contributed by atoms with E-state index in [2.05, 4.69) is 21.3 Å². The number of carbonyl (C=O) groups is 2. The number of hydrogen-bond donors (Lipinski definition) is 4. The van der Waals surface area contributed by atoms with Crippen LogP contribution in [0.4, 0.5) is 9.59 Å². The molecule has 2 aliphatic rings. The summed E-state index contributed by atoms with van der Waals surface area (Å²) in [4.78, 5) is 44.9. The summed E-state index contributed by atoms with van der Waals surface area (Å²) in [5.74, 6) is 2.04. The van der Waals surface area contributed by atoms with Crippen molar-refractivity contribution in [3.63, 3.8) is 0 Å². The molecule has 0 bridgehead atoms. The zero-order valence-corrected chi connectivity index (χ0v) is 26.9. The molecule has 4 rings (SSSR count). The zero-order valence-electron chi connectivity index (χ0n) is 26.9. The Morgan fingerprint density at radius 2 is 1.04 bits per heavy atom. The lowest BCUT2D eigenvalue weighted by Gasteiger charge is -2.24. The lowest BCUT2D eigenvalue weighted by Crippen LogP contribution is -2.45. The Morgan fingerprint density at radius 3 is 1.34 bits per heavy atom. The number of methoxy groups -OCH3 is 2. The molecular weight excluding hydrogens is 620 g/mol. The number of allylic oxidation sites excluding steroid dienone is 2. The molecule has 0 radical (unpaired) electrons. The van der Waals surface area contributed by atoms with Gasteiger partial charge in [0.15, 0.2) is 23.0 Å². The maximum absolute atomic E-state index is 11.7. The number of urea groups is 2. The molecular formula is C30H40N6O11. The molecule has 17 heteroatoms. The number of nitrogens with zero attached hydrogens (tertiary/aromatic N) is 2. The van der Waals surface area contributed by atoms with Gasteiger partial charge in [-0.1, -0.05) is 26.0 Å². The highest BCUT2D eigenvalue weighted by Gasteiger charge is 2.37. The molecule has 6 N–H and O–H groups in total. The summed E-state index contributed by atoms with van der Waals surface area (Å²) in [5.41, 5.74) is 1.32. The van der Waals surface area contributed by atoms with E-state index in [1.54, 1.807) is 36.4 Å². The molecule has 2 aromatic carbocycles. The molecule has 2 aromatic rings. The third-order valence-electron chi connectivity index (χ3n) is 6.83. The van der Waals surface area contributed by atoms with Gasteiger partial charge in [-0.2, -0.15) is 0 Å². The van der Waals surface area contributed by atoms with Crippen LogP contribution in [0.2, 0.25) is 0 Å². The van der Waals surface area contributed by atoms with Gasteiger partial charge in [0.25, 0.3) is 11.4 Å². The Morgan fingerprint density at radius 1 is 0.681 bits per heavy atom. The van der Waals surface area contributed by atoms with E-state index in [-0.39, 0.29) is 28.3 Å². The molecule has 0 aliphatic carbocycles. The topological polar surface area (TPSA) is 237 Å². The fraction of sp³-hybridized carbons (Fsp3) is 0.400. The van der Waals surface area contributed by atoms with E-state index in [0.29, 0.717) is 47.3 Å². The summed E-state index contributed by atoms with van der Waals surface area (Å²) >= 11 is 0. The molecule has 47 heavy (non-hydrogen) atoms. The number of rotatable bonds is 12. The number of amides is 4. The van der Waals surface area contributed by atoms with Crippen molar-refractivity contribution in [2.75, 3.05) is 27.4 Å². The molecule has 2 atom stereocenters. The first-order chi connectivity index (χ1) is 21.9. The summed E-state index contributed by atoms with van der Waals surface area (Å²) in [7, 11) is 2.99. The number of hydrogen-bond acceptors (Lipinski definition) is 10. The molecule has 2 unspecified atom stereocenters. The van der Waals surface area contributed by atoms with Gasteiger partial charge in [0, 0.05) is 0 Å². The van der Waals surface area contributed by atoms with Crippen LogP contribution < -0.4 is 40.2 Å². The van der Waals surface area contributed by atoms with Crippen molar-refractivity contribution in [1.82, 2.24) is 21.3 Å². The Labute approximate surface area is 270 Å². The van der Waals surface area contributed by atoms with Crippen molar-refractivity contribution >= 4 is 12.1 Å². The van der Waals surface area contributed by atoms with Crippen molar-refractivity contribution in [2.24, 2.45) is 0 Å². The van der Waals surface area contributed by atoms with E-state index >= 15 is 0 Å². The van der Waals surface area contributed by atoms with Crippen LogP contribution in [-0.4, -0.2) is 54.8 Å². The van der Waals surface area contributed by atoms with Crippen LogP contribution >= 0.6 is 0 Å². The Balaban J connectivity index is 0.000000320. The van der Waals surface area contributed by atoms with E-state index < -0.39 is 34.0 Å². The van der Waals surface area contributed by atoms with Crippen molar-refractivity contribution in [3.8, 4) is 23.0 Å². The lowest BCUT2D eigenvalue weighted by atomic mass is 10.0. The molecule has 0 aromatic heterocycles. The van der Waals surface area contributed by atoms with Gasteiger partial charge >= 0.3 is 12.1 Å². The third kappa shape index (κ3) is 9.23. The first kappa shape index (κ1) is 37.6. The van der Waals surface area contributed by atoms with Gasteiger partial charge in [0.05, 0.1) is 48.7 Å². The number of benzene rings is 2. The summed E-state index contributed by atoms with van der Waals surface area (Å²) in [6.07, 6.45) is 1.70. The van der Waals surface area contributed by atoms with Crippen LogP contribution in [0.15, 0.2) is 59.2 Å². The van der Waals surface area contributed by atoms with Crippen LogP contribution in [0.1, 0.15) is 63.7 Å². The van der Waals surface area contributed by atoms with Gasteiger partial charge in [-0.15, -0.1) is 0 Å². The van der Waals surface area contributed by atoms with E-state index in [1.165, 1.54) is 28.1 Å². The van der Waals surface area contributed by atoms with Gasteiger partial charge in [-0.05, 0) is 62.1 Å². The molecule has 17 nitrogen and oxygen atoms in total. The molecule has 0 saturated carbocycles. The van der Waals surface area contributed by atoms with Gasteiger partial charge in [-0.25, -0.2) is 9.59 Å². The smallest absolute Gasteiger partial charge is 0.320 e. The van der Waals surface area contributed by atoms with Crippen LogP contribution in [0.3, 0.4) is 0 Å². The van der Waals surface area contributed by atoms with Crippen molar-refractivity contribution in [3.05, 3.63) is 90.5 Å². The fourth-order valence-electron chi connectivity index (χ4n) is 4.73. The van der Waals surface area contributed by atoms with Gasteiger partial charge in [-0.3, -0.25) is 20.2 Å². The van der Waals surface area contributed by atoms with E-state index in [4.69, 9.17) is 18.9 Å². The summed E-state index contributed by atoms with van der Waals surface area (Å²) in [6.45, 7) is 8.06. The van der Waals surface area contributed by atoms with Crippen LogP contribution in [-0.2, 0) is 0 Å². The summed E-state index contributed by atoms with van der Waals surface area (Å²) in [5, 5.41) is 32.6. The van der Waals surface area contributed by atoms with Crippen LogP contribution in [0.5, 0.6) is 23.0 Å². The highest BCUT2D eigenvalue weighted by Crippen LogP contribution is 2.35.